The van der Waals surface area contributed by atoms with E-state index in [-0.39, 0.29) is 22.7 Å². The Morgan fingerprint density at radius 2 is 1.78 bits per heavy atom. The normalized spacial score (nSPS) is 23.0. The SMILES string of the molecule is O=C(Nc1ccc(F)c(Cl)c1)[C@@H]1[C@H]2CC[C@H](C2)N1c1cc(C(F)(F)F)cc(C(F)(F)F)n1. The van der Waals surface area contributed by atoms with Crippen LogP contribution < -0.4 is 10.2 Å². The van der Waals surface area contributed by atoms with Gasteiger partial charge in [-0.05, 0) is 55.5 Å². The van der Waals surface area contributed by atoms with Crippen molar-refractivity contribution in [1.29, 1.82) is 0 Å². The minimum atomic E-state index is -5.10. The Bertz CT molecular complexity index is 1020. The molecule has 2 aliphatic rings. The van der Waals surface area contributed by atoms with Gasteiger partial charge in [-0.1, -0.05) is 11.6 Å². The largest absolute Gasteiger partial charge is 0.433 e. The number of alkyl halides is 6. The highest BCUT2D eigenvalue weighted by Crippen LogP contribution is 2.46. The Balaban J connectivity index is 1.71. The number of hydrogen-bond donors (Lipinski definition) is 1. The van der Waals surface area contributed by atoms with Gasteiger partial charge in [0.25, 0.3) is 0 Å². The summed E-state index contributed by atoms with van der Waals surface area (Å²) in [6.45, 7) is 0. The number of fused-ring (bicyclic) bond motifs is 2. The molecule has 172 valence electrons. The molecular weight excluding hydrogens is 467 g/mol. The molecule has 1 saturated heterocycles. The maximum absolute atomic E-state index is 13.4. The zero-order valence-electron chi connectivity index (χ0n) is 16.1. The minimum absolute atomic E-state index is 0.0482. The van der Waals surface area contributed by atoms with Crippen LogP contribution >= 0.6 is 11.6 Å². The van der Waals surface area contributed by atoms with Crippen LogP contribution in [0.15, 0.2) is 30.3 Å². The van der Waals surface area contributed by atoms with Gasteiger partial charge in [-0.3, -0.25) is 4.79 Å². The molecule has 1 aliphatic carbocycles. The van der Waals surface area contributed by atoms with Crippen LogP contribution in [0.3, 0.4) is 0 Å². The predicted octanol–water partition coefficient (Wildman–Crippen LogP) is 5.91. The Morgan fingerprint density at radius 3 is 2.41 bits per heavy atom. The highest BCUT2D eigenvalue weighted by atomic mass is 35.5. The summed E-state index contributed by atoms with van der Waals surface area (Å²) in [4.78, 5) is 17.7. The van der Waals surface area contributed by atoms with Crippen LogP contribution in [-0.4, -0.2) is 23.0 Å². The topological polar surface area (TPSA) is 45.2 Å². The monoisotopic (exact) mass is 481 g/mol. The fourth-order valence-electron chi connectivity index (χ4n) is 4.40. The second-order valence-corrected chi connectivity index (χ2v) is 8.20. The van der Waals surface area contributed by atoms with Crippen molar-refractivity contribution in [3.05, 3.63) is 52.4 Å². The molecule has 0 radical (unpaired) electrons. The summed E-state index contributed by atoms with van der Waals surface area (Å²) in [6.07, 6.45) is -8.59. The van der Waals surface area contributed by atoms with E-state index in [0.29, 0.717) is 25.3 Å². The zero-order valence-corrected chi connectivity index (χ0v) is 16.8. The van der Waals surface area contributed by atoms with Crippen molar-refractivity contribution in [1.82, 2.24) is 4.98 Å². The predicted molar refractivity (Wildman–Crippen MR) is 102 cm³/mol. The van der Waals surface area contributed by atoms with Gasteiger partial charge in [0, 0.05) is 11.7 Å². The van der Waals surface area contributed by atoms with E-state index in [0.717, 1.165) is 12.1 Å². The first-order valence-electron chi connectivity index (χ1n) is 9.55. The molecule has 4 nitrogen and oxygen atoms in total. The second-order valence-electron chi connectivity index (χ2n) is 7.79. The molecule has 1 amide bonds. The number of carbonyl (C=O) groups is 1. The number of piperidine rings is 1. The van der Waals surface area contributed by atoms with Crippen LogP contribution in [0.2, 0.25) is 5.02 Å². The lowest BCUT2D eigenvalue weighted by Crippen LogP contribution is -2.49. The van der Waals surface area contributed by atoms with E-state index in [1.165, 1.54) is 11.0 Å². The molecule has 2 fully saturated rings. The van der Waals surface area contributed by atoms with Gasteiger partial charge < -0.3 is 10.2 Å². The van der Waals surface area contributed by atoms with Crippen molar-refractivity contribution in [2.75, 3.05) is 10.2 Å². The average Bonchev–Trinajstić information content (AvgIpc) is 3.30. The molecule has 1 aliphatic heterocycles. The third-order valence-corrected chi connectivity index (χ3v) is 6.02. The summed E-state index contributed by atoms with van der Waals surface area (Å²) in [5.41, 5.74) is -3.03. The minimum Gasteiger partial charge on any atom is -0.341 e. The number of benzene rings is 1. The maximum Gasteiger partial charge on any atom is 0.433 e. The average molecular weight is 482 g/mol. The molecule has 2 aromatic rings. The lowest BCUT2D eigenvalue weighted by Gasteiger charge is -2.36. The quantitative estimate of drug-likeness (QED) is 0.555. The Hall–Kier alpha value is -2.56. The molecule has 2 bridgehead atoms. The maximum atomic E-state index is 13.4. The zero-order chi connectivity index (χ0) is 23.4. The van der Waals surface area contributed by atoms with Crippen molar-refractivity contribution in [2.24, 2.45) is 5.92 Å². The molecule has 4 rings (SSSR count). The van der Waals surface area contributed by atoms with Gasteiger partial charge in [0.15, 0.2) is 0 Å². The highest BCUT2D eigenvalue weighted by Gasteiger charge is 2.51. The van der Waals surface area contributed by atoms with Crippen LogP contribution in [0.4, 0.5) is 42.2 Å². The van der Waals surface area contributed by atoms with Crippen molar-refractivity contribution in [3.8, 4) is 0 Å². The summed E-state index contributed by atoms with van der Waals surface area (Å²) in [6, 6.07) is 2.47. The van der Waals surface area contributed by atoms with Gasteiger partial charge in [-0.25, -0.2) is 9.37 Å². The third-order valence-electron chi connectivity index (χ3n) is 5.74. The van der Waals surface area contributed by atoms with E-state index in [1.54, 1.807) is 0 Å². The number of carbonyl (C=O) groups excluding carboxylic acids is 1. The molecule has 2 heterocycles. The second kappa shape index (κ2) is 7.79. The summed E-state index contributed by atoms with van der Waals surface area (Å²) in [5.74, 6) is -2.19. The Labute approximate surface area is 182 Å². The van der Waals surface area contributed by atoms with Gasteiger partial charge in [0.05, 0.1) is 10.6 Å². The molecule has 0 unspecified atom stereocenters. The van der Waals surface area contributed by atoms with Gasteiger partial charge in [-0.15, -0.1) is 0 Å². The van der Waals surface area contributed by atoms with Crippen molar-refractivity contribution >= 4 is 29.0 Å². The van der Waals surface area contributed by atoms with Gasteiger partial charge in [0.1, 0.15) is 23.4 Å². The van der Waals surface area contributed by atoms with E-state index < -0.39 is 53.2 Å². The lowest BCUT2D eigenvalue weighted by molar-refractivity contribution is -0.145. The number of hydrogen-bond acceptors (Lipinski definition) is 3. The number of nitrogens with one attached hydrogen (secondary N) is 1. The van der Waals surface area contributed by atoms with E-state index >= 15 is 0 Å². The number of pyridine rings is 1. The van der Waals surface area contributed by atoms with Gasteiger partial charge in [0.2, 0.25) is 5.91 Å². The number of aromatic nitrogens is 1. The van der Waals surface area contributed by atoms with Crippen LogP contribution in [0.5, 0.6) is 0 Å². The van der Waals surface area contributed by atoms with Crippen molar-refractivity contribution in [2.45, 2.75) is 43.7 Å². The summed E-state index contributed by atoms with van der Waals surface area (Å²) in [7, 11) is 0. The first kappa shape index (κ1) is 22.6. The van der Waals surface area contributed by atoms with Crippen molar-refractivity contribution < 1.29 is 35.5 Å². The molecule has 1 saturated carbocycles. The number of halogens is 8. The molecule has 1 aromatic carbocycles. The molecule has 1 N–H and O–H groups in total. The molecule has 3 atom stereocenters. The molecular formula is C20H15ClF7N3O. The lowest BCUT2D eigenvalue weighted by atomic mass is 9.97. The van der Waals surface area contributed by atoms with Crippen LogP contribution in [0.25, 0.3) is 0 Å². The fourth-order valence-corrected chi connectivity index (χ4v) is 4.58. The van der Waals surface area contributed by atoms with E-state index in [9.17, 15) is 35.5 Å². The standard InChI is InChI=1S/C20H15ClF7N3O/c21-13-8-11(2-4-14(13)22)29-18(32)17-9-1-3-12(5-9)31(17)16-7-10(19(23,24)25)6-15(30-16)20(26,27)28/h2,4,6-9,12,17H,1,3,5H2,(H,29,32)/t9-,12+,17-/m0/s1. The molecule has 0 spiro atoms. The number of anilines is 2. The smallest absolute Gasteiger partial charge is 0.341 e. The Morgan fingerprint density at radius 1 is 1.06 bits per heavy atom. The van der Waals surface area contributed by atoms with Crippen LogP contribution in [0, 0.1) is 11.7 Å². The molecule has 1 aromatic heterocycles. The first-order valence-corrected chi connectivity index (χ1v) is 9.93. The number of rotatable bonds is 3. The van der Waals surface area contributed by atoms with Gasteiger partial charge in [-0.2, -0.15) is 26.3 Å². The Kier molecular flexibility index (Phi) is 5.51. The highest BCUT2D eigenvalue weighted by molar-refractivity contribution is 6.31. The summed E-state index contributed by atoms with van der Waals surface area (Å²) in [5, 5.41) is 2.27. The van der Waals surface area contributed by atoms with Crippen LogP contribution in [-0.2, 0) is 17.1 Å². The fraction of sp³-hybridized carbons (Fsp3) is 0.400. The third kappa shape index (κ3) is 4.22. The number of nitrogens with zero attached hydrogens (tertiary/aromatic N) is 2. The summed E-state index contributed by atoms with van der Waals surface area (Å²) < 4.78 is 93.0. The van der Waals surface area contributed by atoms with Crippen LogP contribution in [0.1, 0.15) is 30.5 Å². The summed E-state index contributed by atoms with van der Waals surface area (Å²) >= 11 is 5.70. The number of amides is 1. The van der Waals surface area contributed by atoms with Gasteiger partial charge >= 0.3 is 12.4 Å². The van der Waals surface area contributed by atoms with E-state index in [4.69, 9.17) is 11.6 Å². The molecule has 32 heavy (non-hydrogen) atoms. The van der Waals surface area contributed by atoms with E-state index in [2.05, 4.69) is 10.3 Å². The molecule has 12 heteroatoms. The van der Waals surface area contributed by atoms with E-state index in [1.807, 2.05) is 0 Å². The first-order chi connectivity index (χ1) is 14.8. The van der Waals surface area contributed by atoms with Crippen molar-refractivity contribution in [3.63, 3.8) is 0 Å².